The average molecular weight is 258 g/mol. The van der Waals surface area contributed by atoms with Crippen LogP contribution in [-0.2, 0) is 6.54 Å². The van der Waals surface area contributed by atoms with E-state index in [-0.39, 0.29) is 5.54 Å². The summed E-state index contributed by atoms with van der Waals surface area (Å²) in [6.07, 6.45) is 1.81. The van der Waals surface area contributed by atoms with E-state index in [4.69, 9.17) is 0 Å². The number of benzene rings is 1. The molecule has 0 saturated carbocycles. The topological polar surface area (TPSA) is 42.7 Å². The zero-order valence-corrected chi connectivity index (χ0v) is 12.4. The summed E-state index contributed by atoms with van der Waals surface area (Å²) in [6.45, 7) is 11.4. The van der Waals surface area contributed by atoms with Gasteiger partial charge in [-0.3, -0.25) is 0 Å². The van der Waals surface area contributed by atoms with Gasteiger partial charge in [-0.25, -0.2) is 4.68 Å². The average Bonchev–Trinajstić information content (AvgIpc) is 2.77. The third-order valence-corrected chi connectivity index (χ3v) is 3.15. The summed E-state index contributed by atoms with van der Waals surface area (Å²) >= 11 is 0. The summed E-state index contributed by atoms with van der Waals surface area (Å²) in [5, 5.41) is 11.7. The largest absolute Gasteiger partial charge is 0.306 e. The molecule has 0 radical (unpaired) electrons. The van der Waals surface area contributed by atoms with Gasteiger partial charge in [0, 0.05) is 12.1 Å². The smallest absolute Gasteiger partial charge is 0.0783 e. The summed E-state index contributed by atoms with van der Waals surface area (Å²) in [5.74, 6) is 0. The Morgan fingerprint density at radius 3 is 2.53 bits per heavy atom. The van der Waals surface area contributed by atoms with E-state index in [0.29, 0.717) is 0 Å². The molecule has 0 aliphatic heterocycles. The highest BCUT2D eigenvalue weighted by Gasteiger charge is 2.12. The Balaban J connectivity index is 2.26. The maximum absolute atomic E-state index is 4.18. The molecule has 2 rings (SSSR count). The number of nitrogens with zero attached hydrogens (tertiary/aromatic N) is 3. The number of aromatic nitrogens is 3. The molecule has 0 spiro atoms. The van der Waals surface area contributed by atoms with Crippen molar-refractivity contribution in [2.75, 3.05) is 0 Å². The fourth-order valence-corrected chi connectivity index (χ4v) is 1.81. The second kappa shape index (κ2) is 5.13. The van der Waals surface area contributed by atoms with E-state index < -0.39 is 0 Å². The Kier molecular flexibility index (Phi) is 3.71. The minimum absolute atomic E-state index is 0.0816. The molecule has 0 amide bonds. The van der Waals surface area contributed by atoms with Crippen molar-refractivity contribution in [3.8, 4) is 5.69 Å². The minimum atomic E-state index is 0.0816. The normalized spacial score (nSPS) is 11.8. The van der Waals surface area contributed by atoms with Crippen molar-refractivity contribution in [3.05, 3.63) is 41.2 Å². The highest BCUT2D eigenvalue weighted by atomic mass is 15.4. The van der Waals surface area contributed by atoms with Gasteiger partial charge >= 0.3 is 0 Å². The summed E-state index contributed by atoms with van der Waals surface area (Å²) in [6, 6.07) is 6.34. The van der Waals surface area contributed by atoms with Crippen LogP contribution in [0, 0.1) is 13.8 Å². The Hall–Kier alpha value is -1.68. The van der Waals surface area contributed by atoms with E-state index >= 15 is 0 Å². The molecule has 0 saturated heterocycles. The lowest BCUT2D eigenvalue weighted by atomic mass is 10.1. The van der Waals surface area contributed by atoms with Crippen LogP contribution in [0.5, 0.6) is 0 Å². The fraction of sp³-hybridized carbons (Fsp3) is 0.467. The molecular formula is C15H22N4. The van der Waals surface area contributed by atoms with Crippen LogP contribution in [0.15, 0.2) is 24.4 Å². The number of hydrogen-bond acceptors (Lipinski definition) is 3. The van der Waals surface area contributed by atoms with Crippen molar-refractivity contribution in [2.24, 2.45) is 0 Å². The molecule has 1 heterocycles. The zero-order valence-electron chi connectivity index (χ0n) is 12.4. The van der Waals surface area contributed by atoms with Gasteiger partial charge in [-0.2, -0.15) is 0 Å². The van der Waals surface area contributed by atoms with Crippen LogP contribution in [0.3, 0.4) is 0 Å². The van der Waals surface area contributed by atoms with Gasteiger partial charge in [0.25, 0.3) is 0 Å². The van der Waals surface area contributed by atoms with Crippen LogP contribution in [0.4, 0.5) is 0 Å². The Morgan fingerprint density at radius 1 is 1.16 bits per heavy atom. The second-order valence-corrected chi connectivity index (χ2v) is 6.01. The second-order valence-electron chi connectivity index (χ2n) is 6.01. The summed E-state index contributed by atoms with van der Waals surface area (Å²) in [4.78, 5) is 0. The van der Waals surface area contributed by atoms with Gasteiger partial charge in [0.15, 0.2) is 0 Å². The quantitative estimate of drug-likeness (QED) is 0.920. The first-order chi connectivity index (χ1) is 8.87. The maximum atomic E-state index is 4.18. The zero-order chi connectivity index (χ0) is 14.0. The molecular weight excluding hydrogens is 236 g/mol. The van der Waals surface area contributed by atoms with Crippen LogP contribution in [0.2, 0.25) is 0 Å². The molecule has 0 fully saturated rings. The molecule has 0 unspecified atom stereocenters. The van der Waals surface area contributed by atoms with Crippen LogP contribution >= 0.6 is 0 Å². The summed E-state index contributed by atoms with van der Waals surface area (Å²) < 4.78 is 1.89. The molecule has 4 nitrogen and oxygen atoms in total. The summed E-state index contributed by atoms with van der Waals surface area (Å²) in [7, 11) is 0. The predicted octanol–water partition coefficient (Wildman–Crippen LogP) is 2.77. The van der Waals surface area contributed by atoms with E-state index in [0.717, 1.165) is 17.9 Å². The lowest BCUT2D eigenvalue weighted by Crippen LogP contribution is -2.35. The lowest BCUT2D eigenvalue weighted by Gasteiger charge is -2.20. The van der Waals surface area contributed by atoms with E-state index in [9.17, 15) is 0 Å². The first-order valence-electron chi connectivity index (χ1n) is 6.59. The maximum Gasteiger partial charge on any atom is 0.0783 e. The van der Waals surface area contributed by atoms with Crippen LogP contribution in [0.1, 0.15) is 37.6 Å². The SMILES string of the molecule is Cc1ccc(-n2nncc2CNC(C)(C)C)cc1C. The lowest BCUT2D eigenvalue weighted by molar-refractivity contribution is 0.418. The van der Waals surface area contributed by atoms with Crippen LogP contribution in [0.25, 0.3) is 5.69 Å². The van der Waals surface area contributed by atoms with Crippen molar-refractivity contribution in [2.45, 2.75) is 46.7 Å². The van der Waals surface area contributed by atoms with Crippen molar-refractivity contribution >= 4 is 0 Å². The molecule has 1 N–H and O–H groups in total. The van der Waals surface area contributed by atoms with Gasteiger partial charge in [-0.05, 0) is 57.9 Å². The molecule has 19 heavy (non-hydrogen) atoms. The van der Waals surface area contributed by atoms with Gasteiger partial charge in [0.2, 0.25) is 0 Å². The molecule has 0 bridgehead atoms. The van der Waals surface area contributed by atoms with E-state index in [1.165, 1.54) is 11.1 Å². The number of rotatable bonds is 3. The molecule has 4 heteroatoms. The highest BCUT2D eigenvalue weighted by molar-refractivity contribution is 5.39. The van der Waals surface area contributed by atoms with Crippen molar-refractivity contribution in [3.63, 3.8) is 0 Å². The molecule has 2 aromatic rings. The van der Waals surface area contributed by atoms with Gasteiger partial charge in [-0.15, -0.1) is 5.10 Å². The Morgan fingerprint density at radius 2 is 1.89 bits per heavy atom. The van der Waals surface area contributed by atoms with Crippen LogP contribution < -0.4 is 5.32 Å². The number of hydrogen-bond donors (Lipinski definition) is 1. The van der Waals surface area contributed by atoms with E-state index in [1.54, 1.807) is 0 Å². The highest BCUT2D eigenvalue weighted by Crippen LogP contribution is 2.15. The molecule has 0 atom stereocenters. The van der Waals surface area contributed by atoms with Crippen LogP contribution in [-0.4, -0.2) is 20.5 Å². The fourth-order valence-electron chi connectivity index (χ4n) is 1.81. The molecule has 0 aliphatic carbocycles. The van der Waals surface area contributed by atoms with Gasteiger partial charge in [-0.1, -0.05) is 11.3 Å². The number of aryl methyl sites for hydroxylation is 2. The number of nitrogens with one attached hydrogen (secondary N) is 1. The molecule has 0 aliphatic rings. The third kappa shape index (κ3) is 3.41. The Bertz CT molecular complexity index is 564. The standard InChI is InChI=1S/C15H22N4/c1-11-6-7-13(8-12(11)2)19-14(10-17-18-19)9-16-15(3,4)5/h6-8,10,16H,9H2,1-5H3. The van der Waals surface area contributed by atoms with Gasteiger partial charge in [0.05, 0.1) is 17.6 Å². The van der Waals surface area contributed by atoms with Crippen molar-refractivity contribution in [1.82, 2.24) is 20.3 Å². The first kappa shape index (κ1) is 13.7. The van der Waals surface area contributed by atoms with Crippen molar-refractivity contribution < 1.29 is 0 Å². The van der Waals surface area contributed by atoms with E-state index in [2.05, 4.69) is 68.4 Å². The first-order valence-corrected chi connectivity index (χ1v) is 6.59. The van der Waals surface area contributed by atoms with E-state index in [1.807, 2.05) is 10.9 Å². The monoisotopic (exact) mass is 258 g/mol. The molecule has 1 aromatic carbocycles. The minimum Gasteiger partial charge on any atom is -0.306 e. The Labute approximate surface area is 114 Å². The molecule has 102 valence electrons. The van der Waals surface area contributed by atoms with Gasteiger partial charge in [0.1, 0.15) is 0 Å². The van der Waals surface area contributed by atoms with Crippen molar-refractivity contribution in [1.29, 1.82) is 0 Å². The van der Waals surface area contributed by atoms with Gasteiger partial charge < -0.3 is 5.32 Å². The summed E-state index contributed by atoms with van der Waals surface area (Å²) in [5.41, 5.74) is 4.77. The molecule has 1 aromatic heterocycles. The third-order valence-electron chi connectivity index (χ3n) is 3.15. The predicted molar refractivity (Wildman–Crippen MR) is 77.4 cm³/mol.